The molecule has 7 heteroatoms. The number of carboxylic acids is 1. The number of H-pyrrole nitrogens is 1. The largest absolute Gasteiger partial charge is 0.481 e. The van der Waals surface area contributed by atoms with E-state index in [1.807, 2.05) is 13.0 Å². The van der Waals surface area contributed by atoms with Gasteiger partial charge in [-0.1, -0.05) is 0 Å². The minimum atomic E-state index is -0.743. The zero-order chi connectivity index (χ0) is 15.3. The van der Waals surface area contributed by atoms with E-state index in [9.17, 15) is 9.90 Å². The number of carbonyl (C=O) groups is 1. The fraction of sp³-hybridized carbons (Fsp3) is 0.333. The lowest BCUT2D eigenvalue weighted by molar-refractivity contribution is -0.140. The Bertz CT molecular complexity index is 888. The van der Waals surface area contributed by atoms with Crippen LogP contribution in [0.4, 0.5) is 5.82 Å². The third-order valence-corrected chi connectivity index (χ3v) is 4.18. The molecule has 0 saturated carbocycles. The Labute approximate surface area is 126 Å². The molecule has 2 N–H and O–H groups in total. The van der Waals surface area contributed by atoms with Crippen LogP contribution in [-0.2, 0) is 4.79 Å². The van der Waals surface area contributed by atoms with Crippen molar-refractivity contribution in [1.29, 1.82) is 0 Å². The molecule has 1 saturated heterocycles. The van der Waals surface area contributed by atoms with E-state index in [0.717, 1.165) is 27.9 Å². The molecule has 3 aromatic rings. The maximum absolute atomic E-state index is 11.2. The minimum Gasteiger partial charge on any atom is -0.481 e. The molecular weight excluding hydrogens is 282 g/mol. The molecule has 0 aliphatic carbocycles. The van der Waals surface area contributed by atoms with Crippen LogP contribution in [0.2, 0.25) is 0 Å². The zero-order valence-electron chi connectivity index (χ0n) is 12.1. The van der Waals surface area contributed by atoms with E-state index < -0.39 is 5.97 Å². The predicted octanol–water partition coefficient (Wildman–Crippen LogP) is 1.73. The number of rotatable bonds is 2. The molecule has 1 atom stereocenters. The van der Waals surface area contributed by atoms with Crippen LogP contribution < -0.4 is 4.90 Å². The molecule has 1 unspecified atom stereocenters. The Hall–Kier alpha value is -2.70. The second-order valence-electron chi connectivity index (χ2n) is 5.64. The number of nitrogens with one attached hydrogen (secondary N) is 1. The topological polar surface area (TPSA) is 95.0 Å². The monoisotopic (exact) mass is 297 g/mol. The number of hydrogen-bond donors (Lipinski definition) is 2. The van der Waals surface area contributed by atoms with Crippen LogP contribution in [0.15, 0.2) is 18.5 Å². The van der Waals surface area contributed by atoms with Gasteiger partial charge >= 0.3 is 5.97 Å². The normalized spacial score (nSPS) is 18.4. The summed E-state index contributed by atoms with van der Waals surface area (Å²) in [7, 11) is 0. The number of aromatic amines is 1. The van der Waals surface area contributed by atoms with Crippen LogP contribution in [0.1, 0.15) is 12.2 Å². The average Bonchev–Trinajstić information content (AvgIpc) is 3.15. The molecule has 0 bridgehead atoms. The fourth-order valence-electron chi connectivity index (χ4n) is 3.12. The Morgan fingerprint density at radius 1 is 1.45 bits per heavy atom. The average molecular weight is 297 g/mol. The van der Waals surface area contributed by atoms with E-state index in [1.54, 1.807) is 12.4 Å². The SMILES string of the molecule is Cc1nc(N2CCC(C(=O)O)C2)c2c(cnc3nccc32)[nH]1. The predicted molar refractivity (Wildman–Crippen MR) is 81.9 cm³/mol. The molecule has 0 amide bonds. The first-order chi connectivity index (χ1) is 10.6. The van der Waals surface area contributed by atoms with E-state index in [0.29, 0.717) is 25.2 Å². The molecule has 7 nitrogen and oxygen atoms in total. The van der Waals surface area contributed by atoms with Crippen molar-refractivity contribution in [2.45, 2.75) is 13.3 Å². The molecule has 0 radical (unpaired) electrons. The van der Waals surface area contributed by atoms with Crippen molar-refractivity contribution in [2.75, 3.05) is 18.0 Å². The standard InChI is InChI=1S/C15H15N5O2/c1-8-18-11-6-17-13-10(2-4-16-13)12(11)14(19-8)20-5-3-9(7-20)15(21)22/h2,4,6,9H,3,5,7H2,1H3,(H,18,19)(H,21,22). The van der Waals surface area contributed by atoms with Crippen LogP contribution in [0.3, 0.4) is 0 Å². The van der Waals surface area contributed by atoms with Gasteiger partial charge in [-0.2, -0.15) is 0 Å². The summed E-state index contributed by atoms with van der Waals surface area (Å²) >= 11 is 0. The molecular formula is C15H15N5O2. The van der Waals surface area contributed by atoms with Crippen molar-refractivity contribution < 1.29 is 9.90 Å². The number of pyridine rings is 1. The number of carboxylic acid groups (broad SMARTS) is 1. The van der Waals surface area contributed by atoms with E-state index in [-0.39, 0.29) is 5.92 Å². The molecule has 0 aromatic carbocycles. The molecule has 1 aliphatic heterocycles. The highest BCUT2D eigenvalue weighted by Gasteiger charge is 2.30. The number of hydrogen-bond acceptors (Lipinski definition) is 5. The summed E-state index contributed by atoms with van der Waals surface area (Å²) in [4.78, 5) is 29.7. The van der Waals surface area contributed by atoms with Crippen molar-refractivity contribution in [1.82, 2.24) is 19.9 Å². The van der Waals surface area contributed by atoms with Gasteiger partial charge in [-0.05, 0) is 19.4 Å². The quantitative estimate of drug-likeness (QED) is 0.748. The van der Waals surface area contributed by atoms with Gasteiger partial charge in [0.1, 0.15) is 11.6 Å². The number of aliphatic carboxylic acids is 1. The molecule has 1 fully saturated rings. The van der Waals surface area contributed by atoms with Crippen molar-refractivity contribution >= 4 is 33.7 Å². The van der Waals surface area contributed by atoms with Gasteiger partial charge in [0.2, 0.25) is 0 Å². The van der Waals surface area contributed by atoms with Crippen LogP contribution in [0.25, 0.3) is 21.9 Å². The highest BCUT2D eigenvalue weighted by molar-refractivity contribution is 6.09. The summed E-state index contributed by atoms with van der Waals surface area (Å²) in [6, 6.07) is 1.92. The zero-order valence-corrected chi connectivity index (χ0v) is 12.1. The molecule has 0 spiro atoms. The lowest BCUT2D eigenvalue weighted by atomic mass is 10.1. The fourth-order valence-corrected chi connectivity index (χ4v) is 3.12. The number of anilines is 1. The molecule has 4 rings (SSSR count). The van der Waals surface area contributed by atoms with E-state index in [2.05, 4.69) is 24.8 Å². The first-order valence-corrected chi connectivity index (χ1v) is 7.21. The lowest BCUT2D eigenvalue weighted by Crippen LogP contribution is -2.24. The first-order valence-electron chi connectivity index (χ1n) is 7.21. The number of aromatic nitrogens is 4. The summed E-state index contributed by atoms with van der Waals surface area (Å²) in [5.74, 6) is 0.515. The molecule has 4 heterocycles. The summed E-state index contributed by atoms with van der Waals surface area (Å²) in [6.45, 7) is 3.07. The van der Waals surface area contributed by atoms with Crippen LogP contribution in [0.5, 0.6) is 0 Å². The summed E-state index contributed by atoms with van der Waals surface area (Å²) in [6.07, 6.45) is 4.13. The maximum atomic E-state index is 11.2. The van der Waals surface area contributed by atoms with Crippen molar-refractivity contribution in [2.24, 2.45) is 5.92 Å². The first kappa shape index (κ1) is 13.0. The van der Waals surface area contributed by atoms with Crippen LogP contribution in [0, 0.1) is 12.8 Å². The van der Waals surface area contributed by atoms with Crippen LogP contribution in [-0.4, -0.2) is 44.1 Å². The van der Waals surface area contributed by atoms with E-state index in [1.165, 1.54) is 0 Å². The van der Waals surface area contributed by atoms with E-state index in [4.69, 9.17) is 0 Å². The van der Waals surface area contributed by atoms with Gasteiger partial charge in [-0.3, -0.25) is 4.79 Å². The number of fused-ring (bicyclic) bond motifs is 3. The highest BCUT2D eigenvalue weighted by atomic mass is 16.4. The van der Waals surface area contributed by atoms with Crippen molar-refractivity contribution in [3.8, 4) is 0 Å². The van der Waals surface area contributed by atoms with Crippen LogP contribution >= 0.6 is 0 Å². The smallest absolute Gasteiger partial charge is 0.308 e. The molecule has 22 heavy (non-hydrogen) atoms. The third kappa shape index (κ3) is 1.89. The molecule has 112 valence electrons. The Morgan fingerprint density at radius 3 is 3.09 bits per heavy atom. The summed E-state index contributed by atoms with van der Waals surface area (Å²) in [5.41, 5.74) is 1.57. The van der Waals surface area contributed by atoms with E-state index >= 15 is 0 Å². The Kier molecular flexibility index (Phi) is 2.75. The second kappa shape index (κ2) is 4.66. The minimum absolute atomic E-state index is 0.337. The van der Waals surface area contributed by atoms with Gasteiger partial charge in [0.05, 0.1) is 23.0 Å². The van der Waals surface area contributed by atoms with Crippen molar-refractivity contribution in [3.63, 3.8) is 0 Å². The third-order valence-electron chi connectivity index (χ3n) is 4.18. The summed E-state index contributed by atoms with van der Waals surface area (Å²) < 4.78 is 0. The van der Waals surface area contributed by atoms with Gasteiger partial charge in [-0.15, -0.1) is 0 Å². The highest BCUT2D eigenvalue weighted by Crippen LogP contribution is 2.32. The van der Waals surface area contributed by atoms with Crippen molar-refractivity contribution in [3.05, 3.63) is 24.3 Å². The maximum Gasteiger partial charge on any atom is 0.308 e. The van der Waals surface area contributed by atoms with Gasteiger partial charge in [0.15, 0.2) is 5.65 Å². The summed E-state index contributed by atoms with van der Waals surface area (Å²) in [5, 5.41) is 11.1. The Morgan fingerprint density at radius 2 is 2.32 bits per heavy atom. The number of nitrogens with zero attached hydrogens (tertiary/aromatic N) is 4. The van der Waals surface area contributed by atoms with Gasteiger partial charge in [0.25, 0.3) is 0 Å². The Balaban J connectivity index is 1.92. The van der Waals surface area contributed by atoms with Gasteiger partial charge < -0.3 is 15.0 Å². The molecule has 1 aliphatic rings. The number of aryl methyl sites for hydroxylation is 1. The second-order valence-corrected chi connectivity index (χ2v) is 5.64. The van der Waals surface area contributed by atoms with Gasteiger partial charge in [-0.25, -0.2) is 15.0 Å². The molecule has 3 aromatic heterocycles. The lowest BCUT2D eigenvalue weighted by Gasteiger charge is -2.20. The van der Waals surface area contributed by atoms with Gasteiger partial charge in [0, 0.05) is 24.7 Å².